The summed E-state index contributed by atoms with van der Waals surface area (Å²) in [7, 11) is 0. The van der Waals surface area contributed by atoms with E-state index in [1.54, 1.807) is 0 Å². The van der Waals surface area contributed by atoms with E-state index in [0.29, 0.717) is 12.6 Å². The monoisotopic (exact) mass is 285 g/mol. The fourth-order valence-electron chi connectivity index (χ4n) is 3.64. The van der Waals surface area contributed by atoms with Crippen LogP contribution in [-0.2, 0) is 0 Å². The number of Topliss-reactive ketones (excluding diaryl/α,β-unsaturated/α-hetero) is 1. The summed E-state index contributed by atoms with van der Waals surface area (Å²) in [4.78, 5) is 17.4. The number of piperidine rings is 1. The number of quaternary nitrogens is 1. The number of aromatic nitrogens is 1. The molecule has 3 heteroatoms. The summed E-state index contributed by atoms with van der Waals surface area (Å²) in [5.41, 5.74) is 3.12. The number of aryl methyl sites for hydroxylation is 1. The van der Waals surface area contributed by atoms with Gasteiger partial charge in [-0.05, 0) is 44.7 Å². The fourth-order valence-corrected chi connectivity index (χ4v) is 3.64. The molecule has 0 amide bonds. The van der Waals surface area contributed by atoms with E-state index >= 15 is 0 Å². The molecule has 1 unspecified atom stereocenters. The van der Waals surface area contributed by atoms with Crippen LogP contribution < -0.4 is 4.90 Å². The lowest BCUT2D eigenvalue weighted by Gasteiger charge is -2.31. The third-order valence-electron chi connectivity index (χ3n) is 4.90. The molecule has 3 rings (SSSR count). The number of H-pyrrole nitrogens is 1. The second-order valence-electron chi connectivity index (χ2n) is 6.36. The van der Waals surface area contributed by atoms with E-state index in [2.05, 4.69) is 37.0 Å². The lowest BCUT2D eigenvalue weighted by atomic mass is 9.99. The molecule has 0 saturated carbocycles. The number of rotatable bonds is 4. The van der Waals surface area contributed by atoms with Crippen LogP contribution in [0.2, 0.25) is 0 Å². The highest BCUT2D eigenvalue weighted by Gasteiger charge is 2.27. The van der Waals surface area contributed by atoms with Gasteiger partial charge < -0.3 is 9.88 Å². The first kappa shape index (κ1) is 14.3. The zero-order chi connectivity index (χ0) is 14.8. The highest BCUT2D eigenvalue weighted by Crippen LogP contribution is 2.20. The van der Waals surface area contributed by atoms with E-state index in [9.17, 15) is 4.79 Å². The van der Waals surface area contributed by atoms with Crippen LogP contribution in [0.1, 0.15) is 48.5 Å². The van der Waals surface area contributed by atoms with Gasteiger partial charge in [0.2, 0.25) is 5.78 Å². The van der Waals surface area contributed by atoms with Gasteiger partial charge in [0.25, 0.3) is 0 Å². The van der Waals surface area contributed by atoms with Crippen molar-refractivity contribution in [3.8, 4) is 0 Å². The Hall–Kier alpha value is -1.61. The van der Waals surface area contributed by atoms with Crippen LogP contribution in [0.3, 0.4) is 0 Å². The second-order valence-corrected chi connectivity index (χ2v) is 6.36. The Labute approximate surface area is 126 Å². The molecule has 0 spiro atoms. The highest BCUT2D eigenvalue weighted by molar-refractivity contribution is 6.08. The van der Waals surface area contributed by atoms with Gasteiger partial charge in [0.1, 0.15) is 6.54 Å². The minimum atomic E-state index is 0.280. The molecule has 2 N–H and O–H groups in total. The van der Waals surface area contributed by atoms with Gasteiger partial charge in [-0.25, -0.2) is 0 Å². The van der Waals surface area contributed by atoms with Crippen molar-refractivity contribution < 1.29 is 9.69 Å². The van der Waals surface area contributed by atoms with E-state index in [1.165, 1.54) is 36.1 Å². The molecule has 1 aromatic heterocycles. The van der Waals surface area contributed by atoms with Crippen molar-refractivity contribution in [1.29, 1.82) is 0 Å². The molecule has 112 valence electrons. The van der Waals surface area contributed by atoms with Gasteiger partial charge in [0.05, 0.1) is 12.6 Å². The number of hydrogen-bond donors (Lipinski definition) is 2. The quantitative estimate of drug-likeness (QED) is 0.832. The molecule has 1 aliphatic heterocycles. The molecule has 1 aromatic carbocycles. The van der Waals surface area contributed by atoms with Crippen molar-refractivity contribution in [2.75, 3.05) is 13.1 Å². The molecule has 1 saturated heterocycles. The summed E-state index contributed by atoms with van der Waals surface area (Å²) in [6.45, 7) is 6.10. The lowest BCUT2D eigenvalue weighted by molar-refractivity contribution is -0.922. The van der Waals surface area contributed by atoms with Crippen LogP contribution in [0.4, 0.5) is 0 Å². The Morgan fingerprint density at radius 2 is 2.24 bits per heavy atom. The number of aromatic amines is 1. The van der Waals surface area contributed by atoms with Gasteiger partial charge in [0, 0.05) is 22.7 Å². The zero-order valence-corrected chi connectivity index (χ0v) is 13.0. The highest BCUT2D eigenvalue weighted by atomic mass is 16.1. The minimum Gasteiger partial charge on any atom is -0.360 e. The summed E-state index contributed by atoms with van der Waals surface area (Å²) < 4.78 is 0. The van der Waals surface area contributed by atoms with Crippen molar-refractivity contribution >= 4 is 16.7 Å². The number of benzene rings is 1. The number of carbonyl (C=O) groups excluding carboxylic acids is 1. The second kappa shape index (κ2) is 6.02. The first-order chi connectivity index (χ1) is 10.2. The maximum absolute atomic E-state index is 12.7. The number of likely N-dealkylation sites (tertiary alicyclic amines) is 1. The summed E-state index contributed by atoms with van der Waals surface area (Å²) in [6, 6.07) is 6.91. The van der Waals surface area contributed by atoms with E-state index < -0.39 is 0 Å². The summed E-state index contributed by atoms with van der Waals surface area (Å²) in [5.74, 6) is 0.280. The van der Waals surface area contributed by atoms with Crippen LogP contribution in [0.25, 0.3) is 10.9 Å². The van der Waals surface area contributed by atoms with Gasteiger partial charge in [-0.1, -0.05) is 18.6 Å². The van der Waals surface area contributed by atoms with E-state index in [4.69, 9.17) is 0 Å². The van der Waals surface area contributed by atoms with Crippen molar-refractivity contribution in [1.82, 2.24) is 4.98 Å². The van der Waals surface area contributed by atoms with Gasteiger partial charge in [0.15, 0.2) is 0 Å². The molecule has 0 bridgehead atoms. The molecular weight excluding hydrogens is 260 g/mol. The van der Waals surface area contributed by atoms with Crippen molar-refractivity contribution in [2.45, 2.75) is 45.6 Å². The molecule has 2 heterocycles. The van der Waals surface area contributed by atoms with Crippen LogP contribution >= 0.6 is 0 Å². The van der Waals surface area contributed by atoms with Crippen LogP contribution in [0.15, 0.2) is 24.4 Å². The third kappa shape index (κ3) is 2.88. The molecule has 0 aliphatic carbocycles. The number of carbonyl (C=O) groups is 1. The summed E-state index contributed by atoms with van der Waals surface area (Å²) >= 11 is 0. The Morgan fingerprint density at radius 1 is 1.38 bits per heavy atom. The standard InChI is InChI=1S/C18H24N2O/c1-3-14-6-4-5-9-20(14)12-18(21)16-11-19-17-8-7-13(2)10-15(16)17/h7-8,10-11,14,19H,3-6,9,12H2,1-2H3/p+1/t14-/m1/s1. The Balaban J connectivity index is 1.82. The Bertz CT molecular complexity index is 644. The average molecular weight is 285 g/mol. The molecular formula is C18H25N2O+. The van der Waals surface area contributed by atoms with Gasteiger partial charge in [-0.2, -0.15) is 0 Å². The van der Waals surface area contributed by atoms with Crippen LogP contribution in [0, 0.1) is 6.92 Å². The predicted octanol–water partition coefficient (Wildman–Crippen LogP) is 2.51. The summed E-state index contributed by atoms with van der Waals surface area (Å²) in [6.07, 6.45) is 6.91. The molecule has 3 nitrogen and oxygen atoms in total. The maximum Gasteiger partial charge on any atom is 0.219 e. The summed E-state index contributed by atoms with van der Waals surface area (Å²) in [5, 5.41) is 1.07. The Kier molecular flexibility index (Phi) is 4.11. The Morgan fingerprint density at radius 3 is 3.05 bits per heavy atom. The lowest BCUT2D eigenvalue weighted by Crippen LogP contribution is -3.17. The number of fused-ring (bicyclic) bond motifs is 1. The topological polar surface area (TPSA) is 37.3 Å². The molecule has 1 fully saturated rings. The number of ketones is 1. The number of hydrogen-bond acceptors (Lipinski definition) is 1. The average Bonchev–Trinajstić information content (AvgIpc) is 2.90. The molecule has 2 aromatic rings. The molecule has 0 radical (unpaired) electrons. The normalized spacial score (nSPS) is 22.6. The van der Waals surface area contributed by atoms with Gasteiger partial charge in [-0.15, -0.1) is 0 Å². The smallest absolute Gasteiger partial charge is 0.219 e. The van der Waals surface area contributed by atoms with Gasteiger partial charge >= 0.3 is 0 Å². The molecule has 2 atom stereocenters. The van der Waals surface area contributed by atoms with Crippen molar-refractivity contribution in [2.24, 2.45) is 0 Å². The number of nitrogens with one attached hydrogen (secondary N) is 2. The van der Waals surface area contributed by atoms with Crippen LogP contribution in [0.5, 0.6) is 0 Å². The fraction of sp³-hybridized carbons (Fsp3) is 0.500. The first-order valence-corrected chi connectivity index (χ1v) is 8.14. The largest absolute Gasteiger partial charge is 0.360 e. The first-order valence-electron chi connectivity index (χ1n) is 8.14. The SMILES string of the molecule is CC[C@@H]1CCCC[NH+]1CC(=O)c1c[nH]c2ccc(C)cc12. The molecule has 1 aliphatic rings. The van der Waals surface area contributed by atoms with Crippen molar-refractivity contribution in [3.63, 3.8) is 0 Å². The minimum absolute atomic E-state index is 0.280. The zero-order valence-electron chi connectivity index (χ0n) is 13.0. The van der Waals surface area contributed by atoms with E-state index in [-0.39, 0.29) is 5.78 Å². The third-order valence-corrected chi connectivity index (χ3v) is 4.90. The van der Waals surface area contributed by atoms with Crippen LogP contribution in [-0.4, -0.2) is 29.9 Å². The van der Waals surface area contributed by atoms with Gasteiger partial charge in [-0.3, -0.25) is 4.79 Å². The predicted molar refractivity (Wildman–Crippen MR) is 86.0 cm³/mol. The maximum atomic E-state index is 12.7. The van der Waals surface area contributed by atoms with E-state index in [0.717, 1.165) is 23.0 Å². The van der Waals surface area contributed by atoms with E-state index in [1.807, 2.05) is 6.20 Å². The molecule has 21 heavy (non-hydrogen) atoms. The van der Waals surface area contributed by atoms with Crippen molar-refractivity contribution in [3.05, 3.63) is 35.5 Å².